The number of hydrogen-bond donors (Lipinski definition) is 1. The minimum Gasteiger partial charge on any atom is -0.467 e. The van der Waals surface area contributed by atoms with Crippen LogP contribution in [0.2, 0.25) is 10.0 Å². The van der Waals surface area contributed by atoms with E-state index in [4.69, 9.17) is 27.9 Å². The van der Waals surface area contributed by atoms with Crippen LogP contribution in [0.15, 0.2) is 35.8 Å². The first-order valence-electron chi connectivity index (χ1n) is 9.80. The number of amides is 2. The SMILES string of the molecule is C=CCC(NC(=O)C1CCN(C(=O)C=Cc2ccc(SC)c(Cl)c2Cl)CC1)C(=O)OC. The third-order valence-corrected chi connectivity index (χ3v) is 6.87. The molecule has 1 N–H and O–H groups in total. The zero-order valence-corrected chi connectivity index (χ0v) is 19.9. The molecule has 1 aromatic rings. The van der Waals surface area contributed by atoms with Crippen molar-refractivity contribution in [3.8, 4) is 0 Å². The Morgan fingerprint density at radius 1 is 1.29 bits per heavy atom. The minimum absolute atomic E-state index is 0.154. The van der Waals surface area contributed by atoms with E-state index < -0.39 is 12.0 Å². The summed E-state index contributed by atoms with van der Waals surface area (Å²) in [5.74, 6) is -1.14. The van der Waals surface area contributed by atoms with E-state index in [0.29, 0.717) is 48.0 Å². The Morgan fingerprint density at radius 3 is 2.55 bits per heavy atom. The molecule has 31 heavy (non-hydrogen) atoms. The Hall–Kier alpha value is -1.96. The molecule has 0 radical (unpaired) electrons. The molecule has 1 fully saturated rings. The highest BCUT2D eigenvalue weighted by molar-refractivity contribution is 7.98. The average molecular weight is 485 g/mol. The third-order valence-electron chi connectivity index (χ3n) is 5.08. The largest absolute Gasteiger partial charge is 0.467 e. The van der Waals surface area contributed by atoms with Gasteiger partial charge in [0.25, 0.3) is 0 Å². The number of nitrogens with one attached hydrogen (secondary N) is 1. The van der Waals surface area contributed by atoms with E-state index in [1.54, 1.807) is 17.1 Å². The average Bonchev–Trinajstić information content (AvgIpc) is 2.79. The van der Waals surface area contributed by atoms with Crippen LogP contribution in [-0.4, -0.2) is 55.2 Å². The van der Waals surface area contributed by atoms with Crippen molar-refractivity contribution in [2.45, 2.75) is 30.2 Å². The molecular formula is C22H26Cl2N2O4S. The fourth-order valence-corrected chi connectivity index (χ4v) is 4.45. The van der Waals surface area contributed by atoms with Gasteiger partial charge in [-0.2, -0.15) is 0 Å². The molecule has 9 heteroatoms. The number of methoxy groups -OCH3 is 1. The molecule has 0 spiro atoms. The number of carbonyl (C=O) groups is 3. The van der Waals surface area contributed by atoms with Gasteiger partial charge in [0.2, 0.25) is 11.8 Å². The zero-order chi connectivity index (χ0) is 23.0. The van der Waals surface area contributed by atoms with Crippen molar-refractivity contribution in [2.24, 2.45) is 5.92 Å². The summed E-state index contributed by atoms with van der Waals surface area (Å²) in [4.78, 5) is 39.4. The lowest BCUT2D eigenvalue weighted by molar-refractivity contribution is -0.145. The molecule has 0 aromatic heterocycles. The van der Waals surface area contributed by atoms with Crippen molar-refractivity contribution in [1.29, 1.82) is 0 Å². The predicted octanol–water partition coefficient (Wildman–Crippen LogP) is 4.20. The summed E-state index contributed by atoms with van der Waals surface area (Å²) in [5, 5.41) is 3.60. The first-order valence-corrected chi connectivity index (χ1v) is 11.8. The summed E-state index contributed by atoms with van der Waals surface area (Å²) in [6, 6.07) is 2.94. The second-order valence-electron chi connectivity index (χ2n) is 7.03. The van der Waals surface area contributed by atoms with Gasteiger partial charge in [0, 0.05) is 30.0 Å². The van der Waals surface area contributed by atoms with E-state index >= 15 is 0 Å². The molecule has 1 unspecified atom stereocenters. The van der Waals surface area contributed by atoms with Gasteiger partial charge in [0.1, 0.15) is 6.04 Å². The highest BCUT2D eigenvalue weighted by Gasteiger charge is 2.29. The lowest BCUT2D eigenvalue weighted by Gasteiger charge is -2.31. The first-order chi connectivity index (χ1) is 14.8. The number of piperidine rings is 1. The zero-order valence-electron chi connectivity index (χ0n) is 17.5. The molecule has 1 atom stereocenters. The van der Waals surface area contributed by atoms with Crippen LogP contribution in [0.1, 0.15) is 24.8 Å². The number of esters is 1. The summed E-state index contributed by atoms with van der Waals surface area (Å²) < 4.78 is 4.71. The molecule has 1 aliphatic rings. The van der Waals surface area contributed by atoms with Gasteiger partial charge in [0.05, 0.1) is 17.2 Å². The highest BCUT2D eigenvalue weighted by atomic mass is 35.5. The Bertz CT molecular complexity index is 867. The van der Waals surface area contributed by atoms with Crippen LogP contribution in [0, 0.1) is 5.92 Å². The number of nitrogens with zero attached hydrogens (tertiary/aromatic N) is 1. The monoisotopic (exact) mass is 484 g/mol. The van der Waals surface area contributed by atoms with Crippen LogP contribution in [0.4, 0.5) is 0 Å². The van der Waals surface area contributed by atoms with Crippen LogP contribution in [-0.2, 0) is 19.1 Å². The molecule has 0 aliphatic carbocycles. The number of carbonyl (C=O) groups excluding carboxylic acids is 3. The van der Waals surface area contributed by atoms with Crippen molar-refractivity contribution in [2.75, 3.05) is 26.5 Å². The number of halogens is 2. The molecule has 2 amide bonds. The predicted molar refractivity (Wildman–Crippen MR) is 125 cm³/mol. The number of benzene rings is 1. The van der Waals surface area contributed by atoms with Crippen molar-refractivity contribution < 1.29 is 19.1 Å². The fraction of sp³-hybridized carbons (Fsp3) is 0.409. The first kappa shape index (κ1) is 25.3. The van der Waals surface area contributed by atoms with Gasteiger partial charge < -0.3 is 15.0 Å². The Morgan fingerprint density at radius 2 is 1.97 bits per heavy atom. The van der Waals surface area contributed by atoms with Crippen molar-refractivity contribution in [3.05, 3.63) is 46.5 Å². The summed E-state index contributed by atoms with van der Waals surface area (Å²) in [7, 11) is 1.28. The van der Waals surface area contributed by atoms with E-state index in [1.165, 1.54) is 24.9 Å². The molecule has 2 rings (SSSR count). The van der Waals surface area contributed by atoms with E-state index in [2.05, 4.69) is 11.9 Å². The number of rotatable bonds is 8. The van der Waals surface area contributed by atoms with Crippen molar-refractivity contribution in [3.63, 3.8) is 0 Å². The fourth-order valence-electron chi connectivity index (χ4n) is 3.27. The topological polar surface area (TPSA) is 75.7 Å². The molecule has 168 valence electrons. The number of likely N-dealkylation sites (tertiary alicyclic amines) is 1. The standard InChI is InChI=1S/C22H26Cl2N2O4S/c1-4-5-16(22(29)30-2)25-21(28)15-10-12-26(13-11-15)18(27)9-7-14-6-8-17(31-3)20(24)19(14)23/h4,6-9,15-16H,1,5,10-13H2,2-3H3,(H,25,28). The van der Waals surface area contributed by atoms with Gasteiger partial charge in [-0.3, -0.25) is 9.59 Å². The Balaban J connectivity index is 1.92. The maximum absolute atomic E-state index is 12.5. The molecule has 1 aromatic carbocycles. The number of hydrogen-bond acceptors (Lipinski definition) is 5. The maximum atomic E-state index is 12.5. The molecule has 0 bridgehead atoms. The summed E-state index contributed by atoms with van der Waals surface area (Å²) in [6.07, 6.45) is 7.92. The minimum atomic E-state index is -0.744. The quantitative estimate of drug-likeness (QED) is 0.259. The van der Waals surface area contributed by atoms with Crippen LogP contribution in [0.25, 0.3) is 6.08 Å². The van der Waals surface area contributed by atoms with Crippen LogP contribution in [0.5, 0.6) is 0 Å². The van der Waals surface area contributed by atoms with E-state index in [0.717, 1.165) is 4.90 Å². The van der Waals surface area contributed by atoms with Gasteiger partial charge in [-0.1, -0.05) is 35.3 Å². The van der Waals surface area contributed by atoms with Crippen molar-refractivity contribution in [1.82, 2.24) is 10.2 Å². The van der Waals surface area contributed by atoms with Gasteiger partial charge >= 0.3 is 5.97 Å². The van der Waals surface area contributed by atoms with Crippen LogP contribution >= 0.6 is 35.0 Å². The van der Waals surface area contributed by atoms with Crippen molar-refractivity contribution >= 4 is 58.8 Å². The van der Waals surface area contributed by atoms with Gasteiger partial charge in [-0.05, 0) is 43.2 Å². The van der Waals surface area contributed by atoms with Gasteiger partial charge in [-0.25, -0.2) is 4.79 Å². The van der Waals surface area contributed by atoms with E-state index in [1.807, 2.05) is 18.4 Å². The van der Waals surface area contributed by atoms with Crippen LogP contribution < -0.4 is 5.32 Å². The van der Waals surface area contributed by atoms with Gasteiger partial charge in [0.15, 0.2) is 0 Å². The van der Waals surface area contributed by atoms with Gasteiger partial charge in [-0.15, -0.1) is 18.3 Å². The molecule has 6 nitrogen and oxygen atoms in total. The Kier molecular flexibility index (Phi) is 9.93. The molecular weight excluding hydrogens is 459 g/mol. The second-order valence-corrected chi connectivity index (χ2v) is 8.63. The summed E-state index contributed by atoms with van der Waals surface area (Å²) in [6.45, 7) is 4.50. The molecule has 0 saturated carbocycles. The van der Waals surface area contributed by atoms with Crippen LogP contribution in [0.3, 0.4) is 0 Å². The lowest BCUT2D eigenvalue weighted by atomic mass is 9.95. The van der Waals surface area contributed by atoms with E-state index in [9.17, 15) is 14.4 Å². The Labute approximate surface area is 197 Å². The normalized spacial score (nSPS) is 15.5. The maximum Gasteiger partial charge on any atom is 0.328 e. The van der Waals surface area contributed by atoms with E-state index in [-0.39, 0.29) is 17.7 Å². The number of thioether (sulfide) groups is 1. The summed E-state index contributed by atoms with van der Waals surface area (Å²) in [5.41, 5.74) is 0.670. The second kappa shape index (κ2) is 12.2. The molecule has 1 heterocycles. The molecule has 1 saturated heterocycles. The lowest BCUT2D eigenvalue weighted by Crippen LogP contribution is -2.47. The summed E-state index contributed by atoms with van der Waals surface area (Å²) >= 11 is 14.0. The highest BCUT2D eigenvalue weighted by Crippen LogP contribution is 2.35. The molecule has 1 aliphatic heterocycles. The smallest absolute Gasteiger partial charge is 0.328 e. The number of ether oxygens (including phenoxy) is 1. The third kappa shape index (κ3) is 6.76.